The summed E-state index contributed by atoms with van der Waals surface area (Å²) in [6, 6.07) is 0. The molecule has 0 aromatic carbocycles. The van der Waals surface area contributed by atoms with E-state index in [0.717, 1.165) is 0 Å². The van der Waals surface area contributed by atoms with Gasteiger partial charge in [-0.2, -0.15) is 0 Å². The number of sulfone groups is 1. The van der Waals surface area contributed by atoms with Crippen molar-refractivity contribution in [2.24, 2.45) is 0 Å². The third-order valence-electron chi connectivity index (χ3n) is 1.35. The topological polar surface area (TPSA) is 73.0 Å². The number of nitrogen functional groups attached to an aromatic ring is 1. The SMILES string of the molecule is CCS(=O)(=O)Cc1ncc(N)s1. The average Bonchev–Trinajstić information content (AvgIpc) is 2.35. The van der Waals surface area contributed by atoms with Gasteiger partial charge in [0.05, 0.1) is 6.20 Å². The van der Waals surface area contributed by atoms with Gasteiger partial charge >= 0.3 is 0 Å². The highest BCUT2D eigenvalue weighted by Crippen LogP contribution is 2.16. The number of thiazole rings is 1. The minimum absolute atomic E-state index is 0.00532. The number of aromatic nitrogens is 1. The summed E-state index contributed by atoms with van der Waals surface area (Å²) in [4.78, 5) is 3.86. The van der Waals surface area contributed by atoms with Crippen molar-refractivity contribution in [3.63, 3.8) is 0 Å². The van der Waals surface area contributed by atoms with Crippen LogP contribution in [-0.4, -0.2) is 19.2 Å². The lowest BCUT2D eigenvalue weighted by Crippen LogP contribution is -2.05. The van der Waals surface area contributed by atoms with Crippen molar-refractivity contribution < 1.29 is 8.42 Å². The Morgan fingerprint density at radius 1 is 1.67 bits per heavy atom. The molecule has 0 saturated heterocycles. The van der Waals surface area contributed by atoms with E-state index in [4.69, 9.17) is 5.73 Å². The van der Waals surface area contributed by atoms with Gasteiger partial charge in [-0.3, -0.25) is 0 Å². The molecule has 0 radical (unpaired) electrons. The quantitative estimate of drug-likeness (QED) is 0.788. The molecule has 0 saturated carbocycles. The second-order valence-electron chi connectivity index (χ2n) is 2.33. The van der Waals surface area contributed by atoms with Crippen molar-refractivity contribution in [3.8, 4) is 0 Å². The van der Waals surface area contributed by atoms with E-state index in [9.17, 15) is 8.42 Å². The molecule has 68 valence electrons. The summed E-state index contributed by atoms with van der Waals surface area (Å²) in [5.41, 5.74) is 5.40. The molecule has 12 heavy (non-hydrogen) atoms. The summed E-state index contributed by atoms with van der Waals surface area (Å²) in [7, 11) is -2.97. The molecule has 0 aliphatic carbocycles. The predicted octanol–water partition coefficient (Wildman–Crippen LogP) is 0.660. The molecule has 1 aromatic rings. The zero-order valence-electron chi connectivity index (χ0n) is 6.65. The van der Waals surface area contributed by atoms with E-state index in [1.807, 2.05) is 0 Å². The van der Waals surface area contributed by atoms with Crippen LogP contribution in [0.15, 0.2) is 6.20 Å². The fraction of sp³-hybridized carbons (Fsp3) is 0.500. The average molecular weight is 206 g/mol. The van der Waals surface area contributed by atoms with Crippen LogP contribution in [0, 0.1) is 0 Å². The van der Waals surface area contributed by atoms with Crippen molar-refractivity contribution in [2.75, 3.05) is 11.5 Å². The van der Waals surface area contributed by atoms with Crippen LogP contribution in [-0.2, 0) is 15.6 Å². The predicted molar refractivity (Wildman–Crippen MR) is 49.7 cm³/mol. The van der Waals surface area contributed by atoms with Crippen molar-refractivity contribution >= 4 is 26.2 Å². The lowest BCUT2D eigenvalue weighted by atomic mass is 10.8. The molecule has 0 bridgehead atoms. The molecule has 4 nitrogen and oxygen atoms in total. The maximum absolute atomic E-state index is 11.1. The molecule has 2 N–H and O–H groups in total. The van der Waals surface area contributed by atoms with Crippen LogP contribution in [0.4, 0.5) is 5.00 Å². The van der Waals surface area contributed by atoms with E-state index in [1.165, 1.54) is 17.5 Å². The van der Waals surface area contributed by atoms with Gasteiger partial charge in [0.2, 0.25) is 0 Å². The first-order valence-corrected chi connectivity index (χ1v) is 6.08. The Morgan fingerprint density at radius 2 is 2.33 bits per heavy atom. The van der Waals surface area contributed by atoms with E-state index in [2.05, 4.69) is 4.98 Å². The monoisotopic (exact) mass is 206 g/mol. The number of hydrogen-bond donors (Lipinski definition) is 1. The maximum Gasteiger partial charge on any atom is 0.156 e. The summed E-state index contributed by atoms with van der Waals surface area (Å²) in [5, 5.41) is 1.12. The largest absolute Gasteiger partial charge is 0.389 e. The van der Waals surface area contributed by atoms with Crippen LogP contribution in [0.5, 0.6) is 0 Å². The molecule has 1 rings (SSSR count). The highest BCUT2D eigenvalue weighted by atomic mass is 32.2. The van der Waals surface area contributed by atoms with Gasteiger partial charge in [-0.1, -0.05) is 6.92 Å². The van der Waals surface area contributed by atoms with Crippen molar-refractivity contribution in [2.45, 2.75) is 12.7 Å². The van der Waals surface area contributed by atoms with Gasteiger partial charge in [-0.05, 0) is 0 Å². The molecular weight excluding hydrogens is 196 g/mol. The molecule has 0 spiro atoms. The van der Waals surface area contributed by atoms with Crippen LogP contribution in [0.2, 0.25) is 0 Å². The number of rotatable bonds is 3. The zero-order valence-corrected chi connectivity index (χ0v) is 8.28. The fourth-order valence-electron chi connectivity index (χ4n) is 0.681. The third kappa shape index (κ3) is 2.46. The number of nitrogens with two attached hydrogens (primary N) is 1. The summed E-state index contributed by atoms with van der Waals surface area (Å²) >= 11 is 1.22. The molecule has 0 aliphatic rings. The Labute approximate surface area is 75.4 Å². The molecule has 0 atom stereocenters. The second-order valence-corrected chi connectivity index (χ2v) is 5.83. The molecule has 1 heterocycles. The highest BCUT2D eigenvalue weighted by molar-refractivity contribution is 7.90. The maximum atomic E-state index is 11.1. The zero-order chi connectivity index (χ0) is 9.19. The Balaban J connectivity index is 2.77. The highest BCUT2D eigenvalue weighted by Gasteiger charge is 2.11. The van der Waals surface area contributed by atoms with Gasteiger partial charge in [0.15, 0.2) is 9.84 Å². The molecular formula is C6H10N2O2S2. The van der Waals surface area contributed by atoms with Crippen LogP contribution in [0.3, 0.4) is 0 Å². The normalized spacial score (nSPS) is 11.8. The third-order valence-corrected chi connectivity index (χ3v) is 3.96. The van der Waals surface area contributed by atoms with E-state index in [-0.39, 0.29) is 11.5 Å². The summed E-state index contributed by atoms with van der Waals surface area (Å²) in [6.45, 7) is 1.62. The first-order valence-electron chi connectivity index (χ1n) is 3.44. The van der Waals surface area contributed by atoms with E-state index < -0.39 is 9.84 Å². The molecule has 0 fully saturated rings. The number of hydrogen-bond acceptors (Lipinski definition) is 5. The smallest absolute Gasteiger partial charge is 0.156 e. The van der Waals surface area contributed by atoms with Gasteiger partial charge in [0.1, 0.15) is 15.8 Å². The Bertz CT molecular complexity index is 355. The van der Waals surface area contributed by atoms with Crippen LogP contribution >= 0.6 is 11.3 Å². The lowest BCUT2D eigenvalue weighted by Gasteiger charge is -1.95. The lowest BCUT2D eigenvalue weighted by molar-refractivity contribution is 0.596. The molecule has 0 amide bonds. The van der Waals surface area contributed by atoms with Gasteiger partial charge in [-0.25, -0.2) is 13.4 Å². The van der Waals surface area contributed by atoms with E-state index in [0.29, 0.717) is 10.0 Å². The first kappa shape index (κ1) is 9.47. The Kier molecular flexibility index (Phi) is 2.69. The van der Waals surface area contributed by atoms with Gasteiger partial charge in [0, 0.05) is 5.75 Å². The van der Waals surface area contributed by atoms with E-state index in [1.54, 1.807) is 6.92 Å². The Hall–Kier alpha value is -0.620. The Morgan fingerprint density at radius 3 is 2.75 bits per heavy atom. The summed E-state index contributed by atoms with van der Waals surface area (Å²) < 4.78 is 22.2. The van der Waals surface area contributed by atoms with Crippen molar-refractivity contribution in [1.82, 2.24) is 4.98 Å². The van der Waals surface area contributed by atoms with Crippen LogP contribution in [0.1, 0.15) is 11.9 Å². The van der Waals surface area contributed by atoms with Gasteiger partial charge in [-0.15, -0.1) is 11.3 Å². The summed E-state index contributed by atoms with van der Waals surface area (Å²) in [5.74, 6) is 0.151. The molecule has 0 unspecified atom stereocenters. The van der Waals surface area contributed by atoms with Crippen LogP contribution in [0.25, 0.3) is 0 Å². The fourth-order valence-corrected chi connectivity index (χ4v) is 2.59. The van der Waals surface area contributed by atoms with Crippen molar-refractivity contribution in [1.29, 1.82) is 0 Å². The molecule has 6 heteroatoms. The van der Waals surface area contributed by atoms with Crippen molar-refractivity contribution in [3.05, 3.63) is 11.2 Å². The van der Waals surface area contributed by atoms with Gasteiger partial charge in [0.25, 0.3) is 0 Å². The molecule has 0 aliphatic heterocycles. The summed E-state index contributed by atoms with van der Waals surface area (Å²) in [6.07, 6.45) is 1.48. The van der Waals surface area contributed by atoms with Gasteiger partial charge < -0.3 is 5.73 Å². The minimum Gasteiger partial charge on any atom is -0.389 e. The van der Waals surface area contributed by atoms with Crippen LogP contribution < -0.4 is 5.73 Å². The standard InChI is InChI=1S/C6H10N2O2S2/c1-2-12(9,10)4-6-8-3-5(7)11-6/h3H,2,4,7H2,1H3. The first-order chi connectivity index (χ1) is 5.53. The second kappa shape index (κ2) is 3.40. The molecule has 1 aromatic heterocycles. The number of nitrogens with zero attached hydrogens (tertiary/aromatic N) is 1. The number of anilines is 1. The minimum atomic E-state index is -2.97. The van der Waals surface area contributed by atoms with E-state index >= 15 is 0 Å².